The Hall–Kier alpha value is -0.340. The van der Waals surface area contributed by atoms with Gasteiger partial charge in [0.25, 0.3) is 0 Å². The van der Waals surface area contributed by atoms with Crippen LogP contribution in [0.1, 0.15) is 19.8 Å². The second-order valence-corrected chi connectivity index (χ2v) is 3.52. The van der Waals surface area contributed by atoms with E-state index in [9.17, 15) is 0 Å². The molecule has 0 radical (unpaired) electrons. The van der Waals surface area contributed by atoms with E-state index in [1.807, 2.05) is 6.08 Å². The molecule has 1 N–H and O–H groups in total. The van der Waals surface area contributed by atoms with Crippen LogP contribution in [0.2, 0.25) is 0 Å². The number of fused-ring (bicyclic) bond motifs is 2. The Balaban J connectivity index is 2.14. The molecule has 11 heavy (non-hydrogen) atoms. The van der Waals surface area contributed by atoms with Crippen LogP contribution in [-0.2, 0) is 4.74 Å². The van der Waals surface area contributed by atoms with Gasteiger partial charge in [-0.3, -0.25) is 0 Å². The van der Waals surface area contributed by atoms with Gasteiger partial charge in [0.05, 0.1) is 6.10 Å². The fraction of sp³-hybridized carbons (Fsp3) is 0.778. The fourth-order valence-electron chi connectivity index (χ4n) is 2.13. The van der Waals surface area contributed by atoms with Crippen molar-refractivity contribution in [2.24, 2.45) is 0 Å². The molecule has 0 aromatic rings. The Morgan fingerprint density at radius 2 is 2.64 bits per heavy atom. The first-order valence-corrected chi connectivity index (χ1v) is 4.34. The molecule has 2 nitrogen and oxygen atoms in total. The summed E-state index contributed by atoms with van der Waals surface area (Å²) in [5, 5.41) is 3.45. The molecule has 2 rings (SSSR count). The average Bonchev–Trinajstić information content (AvgIpc) is 2.61. The van der Waals surface area contributed by atoms with Crippen LogP contribution in [0.5, 0.6) is 0 Å². The molecular weight excluding hydrogens is 138 g/mol. The molecule has 0 amide bonds. The lowest BCUT2D eigenvalue weighted by Crippen LogP contribution is -2.43. The van der Waals surface area contributed by atoms with Crippen molar-refractivity contribution in [3.63, 3.8) is 0 Å². The van der Waals surface area contributed by atoms with E-state index in [0.29, 0.717) is 12.1 Å². The second kappa shape index (κ2) is 2.32. The van der Waals surface area contributed by atoms with Gasteiger partial charge in [0.15, 0.2) is 0 Å². The highest BCUT2D eigenvalue weighted by Gasteiger charge is 2.49. The molecule has 2 aliphatic rings. The highest BCUT2D eigenvalue weighted by Crippen LogP contribution is 2.37. The van der Waals surface area contributed by atoms with Gasteiger partial charge in [-0.25, -0.2) is 0 Å². The number of hydrogen-bond donors (Lipinski definition) is 1. The molecule has 2 saturated heterocycles. The van der Waals surface area contributed by atoms with Crippen molar-refractivity contribution in [1.82, 2.24) is 5.32 Å². The summed E-state index contributed by atoms with van der Waals surface area (Å²) >= 11 is 0. The maximum absolute atomic E-state index is 5.87. The lowest BCUT2D eigenvalue weighted by atomic mass is 10.0. The normalized spacial score (nSPS) is 48.1. The molecule has 62 valence electrons. The van der Waals surface area contributed by atoms with Crippen LogP contribution in [0.25, 0.3) is 0 Å². The number of rotatable bonds is 2. The van der Waals surface area contributed by atoms with Gasteiger partial charge in [0.1, 0.15) is 5.60 Å². The topological polar surface area (TPSA) is 21.3 Å². The van der Waals surface area contributed by atoms with Crippen LogP contribution in [0.4, 0.5) is 0 Å². The van der Waals surface area contributed by atoms with Crippen molar-refractivity contribution in [2.45, 2.75) is 37.5 Å². The largest absolute Gasteiger partial charge is 0.365 e. The van der Waals surface area contributed by atoms with E-state index < -0.39 is 0 Å². The monoisotopic (exact) mass is 153 g/mol. The third kappa shape index (κ3) is 0.932. The number of ether oxygens (including phenoxy) is 1. The Bertz CT molecular complexity index is 180. The van der Waals surface area contributed by atoms with Crippen LogP contribution in [0.15, 0.2) is 12.7 Å². The molecule has 0 spiro atoms. The Kier molecular flexibility index (Phi) is 1.55. The SMILES string of the molecule is C=C[C@@]12CNC(C1)C(CC)O2. The predicted molar refractivity (Wildman–Crippen MR) is 44.5 cm³/mol. The summed E-state index contributed by atoms with van der Waals surface area (Å²) in [5.41, 5.74) is -0.0225. The van der Waals surface area contributed by atoms with Crippen molar-refractivity contribution in [3.8, 4) is 0 Å². The van der Waals surface area contributed by atoms with E-state index in [4.69, 9.17) is 4.74 Å². The highest BCUT2D eigenvalue weighted by atomic mass is 16.5. The van der Waals surface area contributed by atoms with Gasteiger partial charge in [-0.2, -0.15) is 0 Å². The number of nitrogens with one attached hydrogen (secondary N) is 1. The highest BCUT2D eigenvalue weighted by molar-refractivity contribution is 5.13. The minimum atomic E-state index is -0.0225. The predicted octanol–water partition coefficient (Wildman–Crippen LogP) is 1.08. The van der Waals surface area contributed by atoms with Crippen molar-refractivity contribution in [2.75, 3.05) is 6.54 Å². The Morgan fingerprint density at radius 1 is 1.82 bits per heavy atom. The standard InChI is InChI=1S/C9H15NO/c1-3-8-7-5-9(4-2,11-8)6-10-7/h4,7-8,10H,2-3,5-6H2,1H3/t7?,8?,9-/m0/s1. The molecule has 0 aromatic heterocycles. The molecular formula is C9H15NO. The summed E-state index contributed by atoms with van der Waals surface area (Å²) in [6.07, 6.45) is 4.60. The molecule has 2 unspecified atom stereocenters. The summed E-state index contributed by atoms with van der Waals surface area (Å²) in [6, 6.07) is 0.581. The van der Waals surface area contributed by atoms with Crippen LogP contribution in [0.3, 0.4) is 0 Å². The van der Waals surface area contributed by atoms with Crippen LogP contribution >= 0.6 is 0 Å². The van der Waals surface area contributed by atoms with Crippen molar-refractivity contribution < 1.29 is 4.74 Å². The fourth-order valence-corrected chi connectivity index (χ4v) is 2.13. The summed E-state index contributed by atoms with van der Waals surface area (Å²) in [7, 11) is 0. The maximum atomic E-state index is 5.87. The Labute approximate surface area is 67.6 Å². The van der Waals surface area contributed by atoms with E-state index >= 15 is 0 Å². The van der Waals surface area contributed by atoms with Gasteiger partial charge in [0, 0.05) is 12.6 Å². The lowest BCUT2D eigenvalue weighted by molar-refractivity contribution is -0.0301. The summed E-state index contributed by atoms with van der Waals surface area (Å²) in [6.45, 7) is 6.94. The molecule has 2 aliphatic heterocycles. The van der Waals surface area contributed by atoms with E-state index in [2.05, 4.69) is 18.8 Å². The molecule has 2 bridgehead atoms. The molecule has 2 fully saturated rings. The second-order valence-electron chi connectivity index (χ2n) is 3.52. The van der Waals surface area contributed by atoms with E-state index in [1.54, 1.807) is 0 Å². The summed E-state index contributed by atoms with van der Waals surface area (Å²) < 4.78 is 5.87. The zero-order valence-electron chi connectivity index (χ0n) is 6.97. The first kappa shape index (κ1) is 7.32. The number of morpholine rings is 1. The zero-order valence-corrected chi connectivity index (χ0v) is 6.97. The minimum Gasteiger partial charge on any atom is -0.365 e. The third-order valence-electron chi connectivity index (χ3n) is 2.84. The van der Waals surface area contributed by atoms with Gasteiger partial charge in [-0.1, -0.05) is 13.0 Å². The molecule has 2 heterocycles. The van der Waals surface area contributed by atoms with Gasteiger partial charge in [0.2, 0.25) is 0 Å². The van der Waals surface area contributed by atoms with E-state index in [0.717, 1.165) is 19.4 Å². The zero-order chi connectivity index (χ0) is 7.90. The van der Waals surface area contributed by atoms with Gasteiger partial charge in [-0.05, 0) is 12.8 Å². The average molecular weight is 153 g/mol. The van der Waals surface area contributed by atoms with Gasteiger partial charge >= 0.3 is 0 Å². The summed E-state index contributed by atoms with van der Waals surface area (Å²) in [5.74, 6) is 0. The van der Waals surface area contributed by atoms with Crippen molar-refractivity contribution in [1.29, 1.82) is 0 Å². The Morgan fingerprint density at radius 3 is 3.09 bits per heavy atom. The van der Waals surface area contributed by atoms with Crippen LogP contribution in [-0.4, -0.2) is 24.3 Å². The molecule has 0 saturated carbocycles. The van der Waals surface area contributed by atoms with E-state index in [-0.39, 0.29) is 5.60 Å². The minimum absolute atomic E-state index is 0.0225. The van der Waals surface area contributed by atoms with Crippen molar-refractivity contribution in [3.05, 3.63) is 12.7 Å². The van der Waals surface area contributed by atoms with Gasteiger partial charge < -0.3 is 10.1 Å². The quantitative estimate of drug-likeness (QED) is 0.599. The van der Waals surface area contributed by atoms with Crippen LogP contribution < -0.4 is 5.32 Å². The van der Waals surface area contributed by atoms with E-state index in [1.165, 1.54) is 0 Å². The molecule has 0 aromatic carbocycles. The molecule has 0 aliphatic carbocycles. The van der Waals surface area contributed by atoms with Gasteiger partial charge in [-0.15, -0.1) is 6.58 Å². The third-order valence-corrected chi connectivity index (χ3v) is 2.84. The van der Waals surface area contributed by atoms with Crippen LogP contribution in [0, 0.1) is 0 Å². The van der Waals surface area contributed by atoms with Crippen molar-refractivity contribution >= 4 is 0 Å². The molecule has 3 atom stereocenters. The number of hydrogen-bond acceptors (Lipinski definition) is 2. The summed E-state index contributed by atoms with van der Waals surface area (Å²) in [4.78, 5) is 0. The lowest BCUT2D eigenvalue weighted by Gasteiger charge is -2.28. The smallest absolute Gasteiger partial charge is 0.100 e. The maximum Gasteiger partial charge on any atom is 0.100 e. The molecule has 2 heteroatoms. The first-order valence-electron chi connectivity index (χ1n) is 4.34. The first-order chi connectivity index (χ1) is 5.29.